The summed E-state index contributed by atoms with van der Waals surface area (Å²) in [5.41, 5.74) is 1.16. The Kier molecular flexibility index (Phi) is 3.56. The van der Waals surface area contributed by atoms with Gasteiger partial charge in [-0.2, -0.15) is 5.10 Å². The lowest BCUT2D eigenvalue weighted by atomic mass is 10.3. The van der Waals surface area contributed by atoms with Crippen LogP contribution < -0.4 is 5.32 Å². The van der Waals surface area contributed by atoms with Gasteiger partial charge in [0.1, 0.15) is 0 Å². The topological polar surface area (TPSA) is 42.7 Å². The number of nitrogens with zero attached hydrogens (tertiary/aromatic N) is 3. The molecule has 0 saturated heterocycles. The van der Waals surface area contributed by atoms with Crippen LogP contribution in [0, 0.1) is 0 Å². The van der Waals surface area contributed by atoms with E-state index in [0.717, 1.165) is 23.8 Å². The monoisotopic (exact) mass is 236 g/mol. The fourth-order valence-electron chi connectivity index (χ4n) is 1.49. The van der Waals surface area contributed by atoms with E-state index in [-0.39, 0.29) is 0 Å². The second-order valence-corrected chi connectivity index (χ2v) is 4.80. The van der Waals surface area contributed by atoms with Crippen molar-refractivity contribution in [3.05, 3.63) is 29.0 Å². The highest BCUT2D eigenvalue weighted by Crippen LogP contribution is 2.19. The lowest BCUT2D eigenvalue weighted by Gasteiger charge is -2.02. The van der Waals surface area contributed by atoms with Gasteiger partial charge in [-0.3, -0.25) is 4.68 Å². The Hall–Kier alpha value is -1.36. The van der Waals surface area contributed by atoms with Gasteiger partial charge >= 0.3 is 0 Å². The second kappa shape index (κ2) is 5.12. The first kappa shape index (κ1) is 11.1. The van der Waals surface area contributed by atoms with Crippen molar-refractivity contribution in [1.82, 2.24) is 14.8 Å². The van der Waals surface area contributed by atoms with E-state index >= 15 is 0 Å². The molecule has 0 fully saturated rings. The van der Waals surface area contributed by atoms with Crippen LogP contribution in [-0.4, -0.2) is 14.8 Å². The highest BCUT2D eigenvalue weighted by Gasteiger charge is 2.02. The van der Waals surface area contributed by atoms with Gasteiger partial charge in [0.25, 0.3) is 0 Å². The average Bonchev–Trinajstić information content (AvgIpc) is 2.86. The van der Waals surface area contributed by atoms with Gasteiger partial charge in [-0.05, 0) is 12.5 Å². The van der Waals surface area contributed by atoms with E-state index in [2.05, 4.69) is 22.3 Å². The summed E-state index contributed by atoms with van der Waals surface area (Å²) in [4.78, 5) is 5.68. The van der Waals surface area contributed by atoms with Gasteiger partial charge in [0.15, 0.2) is 5.13 Å². The van der Waals surface area contributed by atoms with Crippen molar-refractivity contribution < 1.29 is 0 Å². The standard InChI is InChI=1S/C11H16N4S/c1-3-4-10-8-13-11(16-10)12-7-9-5-6-14-15(9)2/h5-6,8H,3-4,7H2,1-2H3,(H,12,13). The predicted molar refractivity (Wildman–Crippen MR) is 66.6 cm³/mol. The molecule has 0 saturated carbocycles. The third kappa shape index (κ3) is 2.61. The largest absolute Gasteiger partial charge is 0.356 e. The van der Waals surface area contributed by atoms with Crippen LogP contribution in [0.5, 0.6) is 0 Å². The Labute approximate surface area is 99.3 Å². The normalized spacial score (nSPS) is 10.6. The Bertz CT molecular complexity index is 446. The van der Waals surface area contributed by atoms with Gasteiger partial charge in [-0.25, -0.2) is 4.98 Å². The van der Waals surface area contributed by atoms with E-state index in [1.54, 1.807) is 17.5 Å². The highest BCUT2D eigenvalue weighted by molar-refractivity contribution is 7.15. The SMILES string of the molecule is CCCc1cnc(NCc2ccnn2C)s1. The molecule has 0 aliphatic carbocycles. The van der Waals surface area contributed by atoms with E-state index < -0.39 is 0 Å². The predicted octanol–water partition coefficient (Wildman–Crippen LogP) is 2.44. The summed E-state index contributed by atoms with van der Waals surface area (Å²) in [6, 6.07) is 2.01. The molecule has 0 spiro atoms. The smallest absolute Gasteiger partial charge is 0.183 e. The quantitative estimate of drug-likeness (QED) is 0.867. The molecule has 0 unspecified atom stereocenters. The van der Waals surface area contributed by atoms with Crippen molar-refractivity contribution in [2.45, 2.75) is 26.3 Å². The Morgan fingerprint density at radius 2 is 2.38 bits per heavy atom. The van der Waals surface area contributed by atoms with Crippen molar-refractivity contribution in [2.75, 3.05) is 5.32 Å². The molecule has 16 heavy (non-hydrogen) atoms. The average molecular weight is 236 g/mol. The van der Waals surface area contributed by atoms with Crippen LogP contribution in [0.15, 0.2) is 18.5 Å². The number of aryl methyl sites for hydroxylation is 2. The summed E-state index contributed by atoms with van der Waals surface area (Å²) < 4.78 is 1.87. The zero-order valence-electron chi connectivity index (χ0n) is 9.60. The molecular formula is C11H16N4S. The minimum atomic E-state index is 0.773. The zero-order valence-corrected chi connectivity index (χ0v) is 10.4. The van der Waals surface area contributed by atoms with E-state index in [1.165, 1.54) is 11.3 Å². The maximum atomic E-state index is 4.34. The van der Waals surface area contributed by atoms with E-state index in [9.17, 15) is 0 Å². The number of anilines is 1. The minimum absolute atomic E-state index is 0.773. The van der Waals surface area contributed by atoms with Crippen LogP contribution in [-0.2, 0) is 20.0 Å². The molecule has 2 aromatic heterocycles. The van der Waals surface area contributed by atoms with Crippen LogP contribution in [0.25, 0.3) is 0 Å². The Balaban J connectivity index is 1.92. The number of thiazole rings is 1. The molecule has 2 aromatic rings. The summed E-state index contributed by atoms with van der Waals surface area (Å²) in [6.45, 7) is 2.96. The van der Waals surface area contributed by atoms with Crippen molar-refractivity contribution >= 4 is 16.5 Å². The molecule has 0 radical (unpaired) electrons. The second-order valence-electron chi connectivity index (χ2n) is 3.68. The van der Waals surface area contributed by atoms with Crippen molar-refractivity contribution in [3.63, 3.8) is 0 Å². The van der Waals surface area contributed by atoms with Gasteiger partial charge in [-0.15, -0.1) is 11.3 Å². The molecule has 4 nitrogen and oxygen atoms in total. The molecule has 0 aromatic carbocycles. The van der Waals surface area contributed by atoms with E-state index in [4.69, 9.17) is 0 Å². The van der Waals surface area contributed by atoms with E-state index in [1.807, 2.05) is 24.0 Å². The van der Waals surface area contributed by atoms with Crippen LogP contribution in [0.4, 0.5) is 5.13 Å². The van der Waals surface area contributed by atoms with Gasteiger partial charge in [-0.1, -0.05) is 13.3 Å². The number of nitrogens with one attached hydrogen (secondary N) is 1. The molecule has 2 rings (SSSR count). The maximum Gasteiger partial charge on any atom is 0.183 e. The fraction of sp³-hybridized carbons (Fsp3) is 0.455. The van der Waals surface area contributed by atoms with Gasteiger partial charge in [0, 0.05) is 24.3 Å². The minimum Gasteiger partial charge on any atom is -0.356 e. The number of aromatic nitrogens is 3. The molecule has 86 valence electrons. The number of hydrogen-bond acceptors (Lipinski definition) is 4. The van der Waals surface area contributed by atoms with Crippen LogP contribution in [0.2, 0.25) is 0 Å². The lowest BCUT2D eigenvalue weighted by Crippen LogP contribution is -2.04. The van der Waals surface area contributed by atoms with Crippen molar-refractivity contribution in [1.29, 1.82) is 0 Å². The molecular weight excluding hydrogens is 220 g/mol. The highest BCUT2D eigenvalue weighted by atomic mass is 32.1. The lowest BCUT2D eigenvalue weighted by molar-refractivity contribution is 0.720. The van der Waals surface area contributed by atoms with Crippen molar-refractivity contribution in [2.24, 2.45) is 7.05 Å². The maximum absolute atomic E-state index is 4.34. The summed E-state index contributed by atoms with van der Waals surface area (Å²) in [6.07, 6.45) is 6.05. The molecule has 0 atom stereocenters. The molecule has 1 N–H and O–H groups in total. The van der Waals surface area contributed by atoms with Crippen LogP contribution in [0.3, 0.4) is 0 Å². The van der Waals surface area contributed by atoms with E-state index in [0.29, 0.717) is 0 Å². The van der Waals surface area contributed by atoms with Crippen LogP contribution in [0.1, 0.15) is 23.9 Å². The zero-order chi connectivity index (χ0) is 11.4. The Morgan fingerprint density at radius 1 is 1.50 bits per heavy atom. The summed E-state index contributed by atoms with van der Waals surface area (Å²) in [5, 5.41) is 8.43. The first-order valence-corrected chi connectivity index (χ1v) is 6.26. The molecule has 5 heteroatoms. The van der Waals surface area contributed by atoms with Gasteiger partial charge < -0.3 is 5.32 Å². The first-order chi connectivity index (χ1) is 7.79. The van der Waals surface area contributed by atoms with Gasteiger partial charge in [0.05, 0.1) is 12.2 Å². The third-order valence-electron chi connectivity index (χ3n) is 2.39. The number of rotatable bonds is 5. The molecule has 0 amide bonds. The van der Waals surface area contributed by atoms with Crippen molar-refractivity contribution in [3.8, 4) is 0 Å². The first-order valence-electron chi connectivity index (χ1n) is 5.45. The third-order valence-corrected chi connectivity index (χ3v) is 3.41. The molecule has 0 aliphatic rings. The Morgan fingerprint density at radius 3 is 3.06 bits per heavy atom. The fourth-order valence-corrected chi connectivity index (χ4v) is 2.40. The number of hydrogen-bond donors (Lipinski definition) is 1. The molecule has 0 aliphatic heterocycles. The van der Waals surface area contributed by atoms with Crippen LogP contribution >= 0.6 is 11.3 Å². The summed E-state index contributed by atoms with van der Waals surface area (Å²) >= 11 is 1.73. The molecule has 0 bridgehead atoms. The molecule has 2 heterocycles. The van der Waals surface area contributed by atoms with Gasteiger partial charge in [0.2, 0.25) is 0 Å². The summed E-state index contributed by atoms with van der Waals surface area (Å²) in [7, 11) is 1.95. The summed E-state index contributed by atoms with van der Waals surface area (Å²) in [5.74, 6) is 0.